The smallest absolute Gasteiger partial charge is 0.255 e. The minimum absolute atomic E-state index is 0.0511. The lowest BCUT2D eigenvalue weighted by Gasteiger charge is -2.06. The van der Waals surface area contributed by atoms with Crippen LogP contribution in [0.2, 0.25) is 0 Å². The van der Waals surface area contributed by atoms with Crippen LogP contribution >= 0.6 is 15.9 Å². The lowest BCUT2D eigenvalue weighted by atomic mass is 10.2. The number of hydrogen-bond donors (Lipinski definition) is 2. The fourth-order valence-electron chi connectivity index (χ4n) is 1.34. The Morgan fingerprint density at radius 3 is 3.00 bits per heavy atom. The highest BCUT2D eigenvalue weighted by Gasteiger charge is 2.10. The van der Waals surface area contributed by atoms with Gasteiger partial charge in [0.05, 0.1) is 5.56 Å². The molecule has 0 aliphatic rings. The van der Waals surface area contributed by atoms with Crippen LogP contribution in [-0.2, 0) is 0 Å². The molecular formula is C11H13BrN4O2. The monoisotopic (exact) mass is 312 g/mol. The summed E-state index contributed by atoms with van der Waals surface area (Å²) in [7, 11) is 0. The first-order chi connectivity index (χ1) is 8.65. The van der Waals surface area contributed by atoms with E-state index < -0.39 is 0 Å². The Labute approximate surface area is 113 Å². The molecule has 0 aromatic heterocycles. The molecule has 0 spiro atoms. The van der Waals surface area contributed by atoms with Gasteiger partial charge in [0.1, 0.15) is 5.75 Å². The normalized spacial score (nSPS) is 9.61. The van der Waals surface area contributed by atoms with Crippen molar-refractivity contribution in [3.05, 3.63) is 38.7 Å². The number of benzene rings is 1. The van der Waals surface area contributed by atoms with Crippen molar-refractivity contribution in [3.8, 4) is 5.75 Å². The quantitative estimate of drug-likeness (QED) is 0.365. The van der Waals surface area contributed by atoms with Crippen LogP contribution in [0.5, 0.6) is 5.75 Å². The van der Waals surface area contributed by atoms with Gasteiger partial charge in [0, 0.05) is 22.5 Å². The number of amides is 1. The molecule has 1 aromatic carbocycles. The maximum atomic E-state index is 11.7. The van der Waals surface area contributed by atoms with Crippen LogP contribution in [0.1, 0.15) is 23.2 Å². The van der Waals surface area contributed by atoms with Gasteiger partial charge in [0.15, 0.2) is 0 Å². The number of carbonyl (C=O) groups is 1. The van der Waals surface area contributed by atoms with Gasteiger partial charge in [-0.05, 0) is 36.6 Å². The second-order valence-corrected chi connectivity index (χ2v) is 4.49. The maximum Gasteiger partial charge on any atom is 0.255 e. The number of aromatic hydroxyl groups is 1. The highest BCUT2D eigenvalue weighted by Crippen LogP contribution is 2.21. The third-order valence-corrected chi connectivity index (χ3v) is 2.73. The predicted molar refractivity (Wildman–Crippen MR) is 71.4 cm³/mol. The average Bonchev–Trinajstić information content (AvgIpc) is 2.36. The number of unbranched alkanes of at least 4 members (excludes halogenated alkanes) is 1. The lowest BCUT2D eigenvalue weighted by molar-refractivity contribution is 0.0950. The second-order valence-electron chi connectivity index (χ2n) is 3.58. The molecule has 0 bridgehead atoms. The number of rotatable bonds is 6. The third kappa shape index (κ3) is 4.65. The van der Waals surface area contributed by atoms with Gasteiger partial charge in [0.25, 0.3) is 5.91 Å². The van der Waals surface area contributed by atoms with Crippen molar-refractivity contribution in [3.63, 3.8) is 0 Å². The first kappa shape index (κ1) is 14.3. The molecule has 6 nitrogen and oxygen atoms in total. The summed E-state index contributed by atoms with van der Waals surface area (Å²) in [5, 5.41) is 15.6. The average molecular weight is 313 g/mol. The molecule has 0 aliphatic carbocycles. The Morgan fingerprint density at radius 2 is 2.28 bits per heavy atom. The highest BCUT2D eigenvalue weighted by atomic mass is 79.9. The van der Waals surface area contributed by atoms with E-state index in [0.717, 1.165) is 17.3 Å². The fraction of sp³-hybridized carbons (Fsp3) is 0.364. The first-order valence-corrected chi connectivity index (χ1v) is 6.22. The summed E-state index contributed by atoms with van der Waals surface area (Å²) in [4.78, 5) is 14.4. The van der Waals surface area contributed by atoms with E-state index in [9.17, 15) is 9.90 Å². The Bertz CT molecular complexity index is 472. The zero-order chi connectivity index (χ0) is 13.4. The van der Waals surface area contributed by atoms with Gasteiger partial charge < -0.3 is 10.4 Å². The lowest BCUT2D eigenvalue weighted by Crippen LogP contribution is -2.24. The second kappa shape index (κ2) is 7.58. The van der Waals surface area contributed by atoms with Crippen LogP contribution in [0, 0.1) is 0 Å². The van der Waals surface area contributed by atoms with Crippen molar-refractivity contribution in [2.75, 3.05) is 13.1 Å². The molecule has 1 aromatic rings. The molecule has 0 radical (unpaired) electrons. The zero-order valence-corrected chi connectivity index (χ0v) is 11.2. The van der Waals surface area contributed by atoms with E-state index in [1.807, 2.05) is 0 Å². The number of nitrogens with zero attached hydrogens (tertiary/aromatic N) is 3. The molecule has 7 heteroatoms. The number of phenols is 1. The summed E-state index contributed by atoms with van der Waals surface area (Å²) in [5.74, 6) is -0.373. The molecule has 1 amide bonds. The van der Waals surface area contributed by atoms with Gasteiger partial charge in [0.2, 0.25) is 0 Å². The molecule has 1 rings (SSSR count). The summed E-state index contributed by atoms with van der Waals surface area (Å²) in [5.41, 5.74) is 8.31. The molecule has 0 saturated carbocycles. The summed E-state index contributed by atoms with van der Waals surface area (Å²) in [6.45, 7) is 0.903. The van der Waals surface area contributed by atoms with Gasteiger partial charge in [-0.2, -0.15) is 0 Å². The number of carbonyl (C=O) groups excluding carboxylic acids is 1. The molecule has 0 heterocycles. The van der Waals surface area contributed by atoms with E-state index in [1.54, 1.807) is 12.1 Å². The van der Waals surface area contributed by atoms with Crippen molar-refractivity contribution in [2.45, 2.75) is 12.8 Å². The summed E-state index contributed by atoms with van der Waals surface area (Å²) in [6, 6.07) is 4.68. The molecular weight excluding hydrogens is 300 g/mol. The molecule has 0 atom stereocenters. The van der Waals surface area contributed by atoms with E-state index in [4.69, 9.17) is 5.53 Å². The van der Waals surface area contributed by atoms with E-state index in [-0.39, 0.29) is 17.2 Å². The minimum Gasteiger partial charge on any atom is -0.507 e. The fourth-order valence-corrected chi connectivity index (χ4v) is 1.70. The van der Waals surface area contributed by atoms with E-state index in [1.165, 1.54) is 6.07 Å². The van der Waals surface area contributed by atoms with Crippen molar-refractivity contribution in [2.24, 2.45) is 5.11 Å². The van der Waals surface area contributed by atoms with Gasteiger partial charge in [-0.15, -0.1) is 0 Å². The maximum absolute atomic E-state index is 11.7. The summed E-state index contributed by atoms with van der Waals surface area (Å²) < 4.78 is 0.730. The number of hydrogen-bond acceptors (Lipinski definition) is 3. The molecule has 18 heavy (non-hydrogen) atoms. The predicted octanol–water partition coefficient (Wildman–Crippen LogP) is 2.98. The largest absolute Gasteiger partial charge is 0.507 e. The summed E-state index contributed by atoms with van der Waals surface area (Å²) in [6.07, 6.45) is 1.44. The van der Waals surface area contributed by atoms with Crippen molar-refractivity contribution >= 4 is 21.8 Å². The zero-order valence-electron chi connectivity index (χ0n) is 9.64. The number of phenolic OH excluding ortho intramolecular Hbond substituents is 1. The van der Waals surface area contributed by atoms with Crippen LogP contribution in [0.3, 0.4) is 0 Å². The Balaban J connectivity index is 2.41. The van der Waals surface area contributed by atoms with E-state index in [2.05, 4.69) is 31.3 Å². The van der Waals surface area contributed by atoms with Crippen LogP contribution in [0.15, 0.2) is 27.8 Å². The molecule has 0 aliphatic heterocycles. The first-order valence-electron chi connectivity index (χ1n) is 5.42. The van der Waals surface area contributed by atoms with Crippen LogP contribution in [0.4, 0.5) is 0 Å². The minimum atomic E-state index is -0.322. The van der Waals surface area contributed by atoms with E-state index in [0.29, 0.717) is 13.1 Å². The van der Waals surface area contributed by atoms with Gasteiger partial charge in [-0.25, -0.2) is 0 Å². The topological polar surface area (TPSA) is 98.1 Å². The van der Waals surface area contributed by atoms with Crippen LogP contribution in [-0.4, -0.2) is 24.1 Å². The molecule has 96 valence electrons. The van der Waals surface area contributed by atoms with Gasteiger partial charge in [-0.3, -0.25) is 4.79 Å². The number of azide groups is 1. The van der Waals surface area contributed by atoms with Crippen molar-refractivity contribution < 1.29 is 9.90 Å². The van der Waals surface area contributed by atoms with Crippen molar-refractivity contribution in [1.29, 1.82) is 0 Å². The van der Waals surface area contributed by atoms with E-state index >= 15 is 0 Å². The van der Waals surface area contributed by atoms with Gasteiger partial charge in [-0.1, -0.05) is 21.0 Å². The Morgan fingerprint density at radius 1 is 1.50 bits per heavy atom. The molecule has 0 fully saturated rings. The molecule has 0 saturated heterocycles. The molecule has 0 unspecified atom stereocenters. The number of nitrogens with one attached hydrogen (secondary N) is 1. The van der Waals surface area contributed by atoms with Crippen molar-refractivity contribution in [1.82, 2.24) is 5.32 Å². The Hall–Kier alpha value is -1.72. The van der Waals surface area contributed by atoms with Crippen LogP contribution < -0.4 is 5.32 Å². The molecule has 2 N–H and O–H groups in total. The third-order valence-electron chi connectivity index (χ3n) is 2.24. The standard InChI is InChI=1S/C11H13BrN4O2/c12-8-3-4-10(17)9(7-8)11(18)14-5-1-2-6-15-16-13/h3-4,7,17H,1-2,5-6H2,(H,14,18). The highest BCUT2D eigenvalue weighted by molar-refractivity contribution is 9.10. The Kier molecular flexibility index (Phi) is 6.04. The van der Waals surface area contributed by atoms with Gasteiger partial charge >= 0.3 is 0 Å². The summed E-state index contributed by atoms with van der Waals surface area (Å²) >= 11 is 3.24. The number of halogens is 1. The van der Waals surface area contributed by atoms with Crippen LogP contribution in [0.25, 0.3) is 10.4 Å². The SMILES string of the molecule is [N-]=[N+]=NCCCCNC(=O)c1cc(Br)ccc1O.